The summed E-state index contributed by atoms with van der Waals surface area (Å²) in [5.41, 5.74) is 0. The molecular formula is C16H24N4O2. The lowest BCUT2D eigenvalue weighted by Crippen LogP contribution is -2.49. The Morgan fingerprint density at radius 3 is 2.64 bits per heavy atom. The average molecular weight is 304 g/mol. The summed E-state index contributed by atoms with van der Waals surface area (Å²) in [6, 6.07) is 0. The summed E-state index contributed by atoms with van der Waals surface area (Å²) in [6.45, 7) is 4.99. The standard InChI is InChI=1S/C16H24N4O2/c1-12-2-7-20(11-14(12)21)16(22)13-3-8-19(9-4-13)15-10-17-5-6-18-15/h5-6,10,12-14,21H,2-4,7-9,11H2,1H3. The molecule has 0 radical (unpaired) electrons. The van der Waals surface area contributed by atoms with Crippen molar-refractivity contribution in [3.05, 3.63) is 18.6 Å². The summed E-state index contributed by atoms with van der Waals surface area (Å²) in [5.74, 6) is 1.47. The Labute approximate surface area is 131 Å². The highest BCUT2D eigenvalue weighted by Gasteiger charge is 2.33. The van der Waals surface area contributed by atoms with Gasteiger partial charge in [-0.1, -0.05) is 6.92 Å². The van der Waals surface area contributed by atoms with Crippen LogP contribution < -0.4 is 4.90 Å². The molecule has 2 aliphatic rings. The van der Waals surface area contributed by atoms with E-state index in [0.29, 0.717) is 12.5 Å². The van der Waals surface area contributed by atoms with Gasteiger partial charge in [0.25, 0.3) is 0 Å². The largest absolute Gasteiger partial charge is 0.391 e. The molecule has 0 saturated carbocycles. The first-order valence-corrected chi connectivity index (χ1v) is 8.13. The lowest BCUT2D eigenvalue weighted by Gasteiger charge is -2.38. The fourth-order valence-electron chi connectivity index (χ4n) is 3.32. The Hall–Kier alpha value is -1.69. The maximum absolute atomic E-state index is 12.6. The molecule has 3 rings (SSSR count). The van der Waals surface area contributed by atoms with Gasteiger partial charge < -0.3 is 14.9 Å². The fraction of sp³-hybridized carbons (Fsp3) is 0.688. The molecule has 1 aromatic heterocycles. The Kier molecular flexibility index (Phi) is 4.57. The van der Waals surface area contributed by atoms with E-state index in [1.165, 1.54) is 0 Å². The van der Waals surface area contributed by atoms with Gasteiger partial charge >= 0.3 is 0 Å². The molecule has 2 atom stereocenters. The second-order valence-corrected chi connectivity index (χ2v) is 6.44. The van der Waals surface area contributed by atoms with Gasteiger partial charge in [-0.25, -0.2) is 4.98 Å². The zero-order valence-corrected chi connectivity index (χ0v) is 13.1. The summed E-state index contributed by atoms with van der Waals surface area (Å²) in [7, 11) is 0. The van der Waals surface area contributed by atoms with Crippen LogP contribution >= 0.6 is 0 Å². The molecule has 1 N–H and O–H groups in total. The number of hydrogen-bond donors (Lipinski definition) is 1. The van der Waals surface area contributed by atoms with Gasteiger partial charge in [0.1, 0.15) is 5.82 Å². The van der Waals surface area contributed by atoms with E-state index in [9.17, 15) is 9.90 Å². The number of hydrogen-bond acceptors (Lipinski definition) is 5. The summed E-state index contributed by atoms with van der Waals surface area (Å²) in [4.78, 5) is 25.1. The van der Waals surface area contributed by atoms with Crippen LogP contribution in [-0.2, 0) is 4.79 Å². The van der Waals surface area contributed by atoms with Crippen LogP contribution in [-0.4, -0.2) is 58.2 Å². The molecule has 2 fully saturated rings. The van der Waals surface area contributed by atoms with Crippen LogP contribution in [0.25, 0.3) is 0 Å². The predicted molar refractivity (Wildman–Crippen MR) is 83.3 cm³/mol. The van der Waals surface area contributed by atoms with Crippen LogP contribution in [0, 0.1) is 11.8 Å². The third kappa shape index (κ3) is 3.21. The van der Waals surface area contributed by atoms with Gasteiger partial charge in [0.05, 0.1) is 12.3 Å². The summed E-state index contributed by atoms with van der Waals surface area (Å²) in [5, 5.41) is 9.97. The molecule has 2 saturated heterocycles. The van der Waals surface area contributed by atoms with E-state index in [0.717, 1.165) is 44.7 Å². The van der Waals surface area contributed by atoms with Crippen molar-refractivity contribution in [1.29, 1.82) is 0 Å². The number of aliphatic hydroxyl groups is 1. The van der Waals surface area contributed by atoms with Crippen LogP contribution in [0.15, 0.2) is 18.6 Å². The number of aromatic nitrogens is 2. The first kappa shape index (κ1) is 15.2. The fourth-order valence-corrected chi connectivity index (χ4v) is 3.32. The van der Waals surface area contributed by atoms with E-state index in [4.69, 9.17) is 0 Å². The molecule has 3 heterocycles. The molecule has 6 nitrogen and oxygen atoms in total. The molecule has 1 amide bonds. The number of β-amino-alcohol motifs (C(OH)–C–C–N with tert-alkyl or cyclic N) is 1. The number of anilines is 1. The van der Waals surface area contributed by atoms with Gasteiger partial charge in [-0.15, -0.1) is 0 Å². The van der Waals surface area contributed by atoms with Crippen LogP contribution in [0.4, 0.5) is 5.82 Å². The SMILES string of the molecule is CC1CCN(C(=O)C2CCN(c3cnccn3)CC2)CC1O. The van der Waals surface area contributed by atoms with Crippen LogP contribution in [0.1, 0.15) is 26.2 Å². The number of carbonyl (C=O) groups is 1. The number of carbonyl (C=O) groups excluding carboxylic acids is 1. The van der Waals surface area contributed by atoms with Crippen molar-refractivity contribution in [3.63, 3.8) is 0 Å². The van der Waals surface area contributed by atoms with Crippen molar-refractivity contribution in [3.8, 4) is 0 Å². The quantitative estimate of drug-likeness (QED) is 0.880. The molecule has 22 heavy (non-hydrogen) atoms. The van der Waals surface area contributed by atoms with Gasteiger partial charge in [-0.2, -0.15) is 0 Å². The van der Waals surface area contributed by atoms with E-state index in [1.807, 2.05) is 11.8 Å². The van der Waals surface area contributed by atoms with Gasteiger partial charge in [-0.05, 0) is 25.2 Å². The molecule has 2 aliphatic heterocycles. The molecule has 0 aliphatic carbocycles. The highest BCUT2D eigenvalue weighted by Crippen LogP contribution is 2.25. The van der Waals surface area contributed by atoms with Gasteiger partial charge in [0.15, 0.2) is 0 Å². The Morgan fingerprint density at radius 2 is 2.00 bits per heavy atom. The number of likely N-dealkylation sites (tertiary alicyclic amines) is 1. The predicted octanol–water partition coefficient (Wildman–Crippen LogP) is 0.922. The minimum Gasteiger partial charge on any atom is -0.391 e. The molecular weight excluding hydrogens is 280 g/mol. The van der Waals surface area contributed by atoms with Crippen molar-refractivity contribution >= 4 is 11.7 Å². The van der Waals surface area contributed by atoms with Gasteiger partial charge in [0, 0.05) is 44.5 Å². The highest BCUT2D eigenvalue weighted by molar-refractivity contribution is 5.79. The van der Waals surface area contributed by atoms with E-state index in [1.54, 1.807) is 18.6 Å². The summed E-state index contributed by atoms with van der Waals surface area (Å²) < 4.78 is 0. The minimum atomic E-state index is -0.377. The van der Waals surface area contributed by atoms with Crippen molar-refractivity contribution < 1.29 is 9.90 Å². The van der Waals surface area contributed by atoms with E-state index >= 15 is 0 Å². The normalized spacial score (nSPS) is 27.0. The molecule has 0 bridgehead atoms. The van der Waals surface area contributed by atoms with Crippen LogP contribution in [0.2, 0.25) is 0 Å². The van der Waals surface area contributed by atoms with Crippen LogP contribution in [0.3, 0.4) is 0 Å². The lowest BCUT2D eigenvalue weighted by molar-refractivity contribution is -0.140. The Morgan fingerprint density at radius 1 is 1.23 bits per heavy atom. The first-order valence-electron chi connectivity index (χ1n) is 8.13. The zero-order chi connectivity index (χ0) is 15.5. The first-order chi connectivity index (χ1) is 10.6. The molecule has 0 aromatic carbocycles. The number of aliphatic hydroxyl groups excluding tert-OH is 1. The third-order valence-electron chi connectivity index (χ3n) is 4.95. The van der Waals surface area contributed by atoms with Crippen molar-refractivity contribution in [1.82, 2.24) is 14.9 Å². The summed E-state index contributed by atoms with van der Waals surface area (Å²) in [6.07, 6.45) is 7.34. The molecule has 0 spiro atoms. The smallest absolute Gasteiger partial charge is 0.225 e. The third-order valence-corrected chi connectivity index (χ3v) is 4.95. The van der Waals surface area contributed by atoms with Crippen molar-refractivity contribution in [2.45, 2.75) is 32.3 Å². The number of nitrogens with zero attached hydrogens (tertiary/aromatic N) is 4. The molecule has 1 aromatic rings. The van der Waals surface area contributed by atoms with Gasteiger partial charge in [0.2, 0.25) is 5.91 Å². The summed E-state index contributed by atoms with van der Waals surface area (Å²) >= 11 is 0. The van der Waals surface area contributed by atoms with E-state index in [-0.39, 0.29) is 17.9 Å². The molecule has 2 unspecified atom stereocenters. The molecule has 6 heteroatoms. The highest BCUT2D eigenvalue weighted by atomic mass is 16.3. The monoisotopic (exact) mass is 304 g/mol. The van der Waals surface area contributed by atoms with Crippen molar-refractivity contribution in [2.24, 2.45) is 11.8 Å². The number of piperidine rings is 2. The Bertz CT molecular complexity index is 502. The maximum Gasteiger partial charge on any atom is 0.225 e. The zero-order valence-electron chi connectivity index (χ0n) is 13.1. The van der Waals surface area contributed by atoms with E-state index in [2.05, 4.69) is 14.9 Å². The molecule has 120 valence electrons. The van der Waals surface area contributed by atoms with E-state index < -0.39 is 0 Å². The second kappa shape index (κ2) is 6.60. The number of rotatable bonds is 2. The average Bonchev–Trinajstić information content (AvgIpc) is 2.58. The van der Waals surface area contributed by atoms with Crippen LogP contribution in [0.5, 0.6) is 0 Å². The topological polar surface area (TPSA) is 69.6 Å². The second-order valence-electron chi connectivity index (χ2n) is 6.44. The minimum absolute atomic E-state index is 0.0773. The lowest BCUT2D eigenvalue weighted by atomic mass is 9.91. The van der Waals surface area contributed by atoms with Gasteiger partial charge in [-0.3, -0.25) is 9.78 Å². The maximum atomic E-state index is 12.6. The van der Waals surface area contributed by atoms with Crippen molar-refractivity contribution in [2.75, 3.05) is 31.1 Å². The number of amides is 1. The Balaban J connectivity index is 1.54.